The average Bonchev–Trinajstić information content (AvgIpc) is 2.70. The van der Waals surface area contributed by atoms with Crippen LogP contribution in [-0.4, -0.2) is 36.9 Å². The van der Waals surface area contributed by atoms with Gasteiger partial charge in [-0.15, -0.1) is 11.3 Å². The van der Waals surface area contributed by atoms with E-state index in [1.54, 1.807) is 6.92 Å². The lowest BCUT2D eigenvalue weighted by molar-refractivity contribution is 0.0701. The van der Waals surface area contributed by atoms with Gasteiger partial charge in [0.05, 0.1) is 0 Å². The smallest absolute Gasteiger partial charge is 0.346 e. The normalized spacial score (nSPS) is 13.9. The molecular weight excluding hydrogens is 298 g/mol. The molecule has 1 unspecified atom stereocenters. The van der Waals surface area contributed by atoms with Crippen LogP contribution in [0.5, 0.6) is 0 Å². The fourth-order valence-electron chi connectivity index (χ4n) is 2.00. The molecule has 0 bridgehead atoms. The molecule has 0 radical (unpaired) electrons. The van der Waals surface area contributed by atoms with Crippen molar-refractivity contribution in [2.75, 3.05) is 7.05 Å². The standard InChI is InChI=1S/C13H21NO4S2/c1-8(2)6-10(4)14(5)20(17,18)11-7-9(3)12(19-11)13(15)16/h7-8,10H,6H2,1-5H3,(H,15,16). The predicted octanol–water partition coefficient (Wildman–Crippen LogP) is 2.81. The Labute approximate surface area is 124 Å². The van der Waals surface area contributed by atoms with E-state index < -0.39 is 16.0 Å². The lowest BCUT2D eigenvalue weighted by Gasteiger charge is -2.24. The Kier molecular flexibility index (Phi) is 5.34. The van der Waals surface area contributed by atoms with Crippen LogP contribution in [0.1, 0.15) is 42.4 Å². The van der Waals surface area contributed by atoms with Crippen LogP contribution in [0.2, 0.25) is 0 Å². The third-order valence-corrected chi connectivity index (χ3v) is 6.80. The molecule has 5 nitrogen and oxygen atoms in total. The van der Waals surface area contributed by atoms with Gasteiger partial charge >= 0.3 is 5.97 Å². The first-order chi connectivity index (χ1) is 9.07. The minimum Gasteiger partial charge on any atom is -0.477 e. The third kappa shape index (κ3) is 3.59. The molecule has 0 aliphatic heterocycles. The Morgan fingerprint density at radius 1 is 1.40 bits per heavy atom. The highest BCUT2D eigenvalue weighted by molar-refractivity contribution is 7.91. The highest BCUT2D eigenvalue weighted by Gasteiger charge is 2.29. The van der Waals surface area contributed by atoms with Gasteiger partial charge in [0.15, 0.2) is 0 Å². The number of aryl methyl sites for hydroxylation is 1. The summed E-state index contributed by atoms with van der Waals surface area (Å²) in [5.41, 5.74) is 0.478. The Morgan fingerprint density at radius 2 is 1.95 bits per heavy atom. The second-order valence-corrected chi connectivity index (χ2v) is 8.66. The first-order valence-electron chi connectivity index (χ1n) is 6.39. The predicted molar refractivity (Wildman–Crippen MR) is 79.9 cm³/mol. The van der Waals surface area contributed by atoms with E-state index in [0.717, 1.165) is 17.8 Å². The lowest BCUT2D eigenvalue weighted by Crippen LogP contribution is -2.35. The van der Waals surface area contributed by atoms with Gasteiger partial charge in [0.2, 0.25) is 0 Å². The minimum atomic E-state index is -3.63. The maximum atomic E-state index is 12.5. The van der Waals surface area contributed by atoms with Gasteiger partial charge in [-0.25, -0.2) is 13.2 Å². The van der Waals surface area contributed by atoms with Crippen molar-refractivity contribution in [1.82, 2.24) is 4.31 Å². The zero-order valence-corrected chi connectivity index (χ0v) is 14.0. The van der Waals surface area contributed by atoms with Crippen molar-refractivity contribution in [2.45, 2.75) is 44.4 Å². The van der Waals surface area contributed by atoms with E-state index in [-0.39, 0.29) is 15.1 Å². The van der Waals surface area contributed by atoms with Gasteiger partial charge in [-0.3, -0.25) is 0 Å². The quantitative estimate of drug-likeness (QED) is 0.875. The number of hydrogen-bond acceptors (Lipinski definition) is 4. The van der Waals surface area contributed by atoms with E-state index in [4.69, 9.17) is 5.11 Å². The van der Waals surface area contributed by atoms with Crippen LogP contribution in [-0.2, 0) is 10.0 Å². The van der Waals surface area contributed by atoms with Crippen molar-refractivity contribution in [3.8, 4) is 0 Å². The van der Waals surface area contributed by atoms with Gasteiger partial charge in [0, 0.05) is 13.1 Å². The van der Waals surface area contributed by atoms with Gasteiger partial charge in [0.25, 0.3) is 10.0 Å². The molecule has 20 heavy (non-hydrogen) atoms. The zero-order chi connectivity index (χ0) is 15.7. The van der Waals surface area contributed by atoms with Crippen LogP contribution in [0.15, 0.2) is 10.3 Å². The summed E-state index contributed by atoms with van der Waals surface area (Å²) in [5.74, 6) is -0.700. The summed E-state index contributed by atoms with van der Waals surface area (Å²) < 4.78 is 26.4. The molecule has 1 aromatic rings. The number of rotatable bonds is 6. The van der Waals surface area contributed by atoms with E-state index in [1.165, 1.54) is 17.4 Å². The molecule has 1 aromatic heterocycles. The van der Waals surface area contributed by atoms with Gasteiger partial charge in [-0.1, -0.05) is 13.8 Å². The number of carbonyl (C=O) groups is 1. The lowest BCUT2D eigenvalue weighted by atomic mass is 10.1. The van der Waals surface area contributed by atoms with Crippen molar-refractivity contribution < 1.29 is 18.3 Å². The molecule has 114 valence electrons. The van der Waals surface area contributed by atoms with E-state index in [2.05, 4.69) is 0 Å². The van der Waals surface area contributed by atoms with E-state index in [0.29, 0.717) is 11.5 Å². The third-order valence-electron chi connectivity index (χ3n) is 3.16. The second kappa shape index (κ2) is 6.24. The molecule has 0 fully saturated rings. The van der Waals surface area contributed by atoms with Crippen molar-refractivity contribution >= 4 is 27.3 Å². The van der Waals surface area contributed by atoms with Crippen molar-refractivity contribution in [3.63, 3.8) is 0 Å². The molecule has 0 saturated carbocycles. The van der Waals surface area contributed by atoms with Crippen LogP contribution in [0, 0.1) is 12.8 Å². The van der Waals surface area contributed by atoms with E-state index in [9.17, 15) is 13.2 Å². The summed E-state index contributed by atoms with van der Waals surface area (Å²) in [6.45, 7) is 7.54. The Balaban J connectivity index is 3.10. The van der Waals surface area contributed by atoms with Gasteiger partial charge in [0.1, 0.15) is 9.09 Å². The second-order valence-electron chi connectivity index (χ2n) is 5.38. The van der Waals surface area contributed by atoms with Gasteiger partial charge in [-0.05, 0) is 37.8 Å². The maximum absolute atomic E-state index is 12.5. The van der Waals surface area contributed by atoms with Crippen LogP contribution in [0.25, 0.3) is 0 Å². The molecule has 1 rings (SSSR count). The number of hydrogen-bond donors (Lipinski definition) is 1. The molecule has 0 amide bonds. The summed E-state index contributed by atoms with van der Waals surface area (Å²) in [6.07, 6.45) is 0.756. The summed E-state index contributed by atoms with van der Waals surface area (Å²) in [6, 6.07) is 1.30. The number of thiophene rings is 1. The summed E-state index contributed by atoms with van der Waals surface area (Å²) in [4.78, 5) is 11.1. The first-order valence-corrected chi connectivity index (χ1v) is 8.64. The Morgan fingerprint density at radius 3 is 2.35 bits per heavy atom. The van der Waals surface area contributed by atoms with E-state index >= 15 is 0 Å². The Hall–Kier alpha value is -0.920. The molecule has 0 aromatic carbocycles. The molecule has 7 heteroatoms. The van der Waals surface area contributed by atoms with Crippen LogP contribution < -0.4 is 0 Å². The molecule has 1 heterocycles. The van der Waals surface area contributed by atoms with Crippen LogP contribution in [0.3, 0.4) is 0 Å². The number of carboxylic acid groups (broad SMARTS) is 1. The first kappa shape index (κ1) is 17.1. The molecule has 0 saturated heterocycles. The summed E-state index contributed by atoms with van der Waals surface area (Å²) in [5, 5.41) is 9.01. The Bertz CT molecular complexity index is 590. The molecular formula is C13H21NO4S2. The summed E-state index contributed by atoms with van der Waals surface area (Å²) >= 11 is 0.810. The zero-order valence-electron chi connectivity index (χ0n) is 12.4. The monoisotopic (exact) mass is 319 g/mol. The topological polar surface area (TPSA) is 74.7 Å². The SMILES string of the molecule is Cc1cc(S(=O)(=O)N(C)C(C)CC(C)C)sc1C(=O)O. The molecule has 1 N–H and O–H groups in total. The maximum Gasteiger partial charge on any atom is 0.346 e. The molecule has 1 atom stereocenters. The van der Waals surface area contributed by atoms with Crippen molar-refractivity contribution in [3.05, 3.63) is 16.5 Å². The highest BCUT2D eigenvalue weighted by atomic mass is 32.2. The number of aromatic carboxylic acids is 1. The van der Waals surface area contributed by atoms with Crippen LogP contribution in [0.4, 0.5) is 0 Å². The molecule has 0 aliphatic rings. The molecule has 0 aliphatic carbocycles. The molecule has 0 spiro atoms. The number of sulfonamides is 1. The number of nitrogens with zero attached hydrogens (tertiary/aromatic N) is 1. The van der Waals surface area contributed by atoms with Gasteiger partial charge < -0.3 is 5.11 Å². The van der Waals surface area contributed by atoms with Crippen molar-refractivity contribution in [2.24, 2.45) is 5.92 Å². The largest absolute Gasteiger partial charge is 0.477 e. The fourth-order valence-corrected chi connectivity index (χ4v) is 4.94. The van der Waals surface area contributed by atoms with Crippen LogP contribution >= 0.6 is 11.3 Å². The summed E-state index contributed by atoms with van der Waals surface area (Å²) in [7, 11) is -2.09. The average molecular weight is 319 g/mol. The fraction of sp³-hybridized carbons (Fsp3) is 0.615. The van der Waals surface area contributed by atoms with Crippen molar-refractivity contribution in [1.29, 1.82) is 0 Å². The number of carboxylic acids is 1. The van der Waals surface area contributed by atoms with E-state index in [1.807, 2.05) is 20.8 Å². The van der Waals surface area contributed by atoms with Gasteiger partial charge in [-0.2, -0.15) is 4.31 Å². The highest BCUT2D eigenvalue weighted by Crippen LogP contribution is 2.29. The minimum absolute atomic E-state index is 0.0773.